The zero-order valence-corrected chi connectivity index (χ0v) is 9.68. The van der Waals surface area contributed by atoms with Gasteiger partial charge in [-0.05, 0) is 39.8 Å². The Morgan fingerprint density at radius 2 is 2.25 bits per heavy atom. The van der Waals surface area contributed by atoms with Gasteiger partial charge in [-0.2, -0.15) is 0 Å². The Kier molecular flexibility index (Phi) is 3.13. The summed E-state index contributed by atoms with van der Waals surface area (Å²) in [5.41, 5.74) is 0. The smallest absolute Gasteiger partial charge is 0.217 e. The number of rotatable bonds is 1. The Balaban J connectivity index is 2.69. The zero-order chi connectivity index (χ0) is 9.19. The lowest BCUT2D eigenvalue weighted by molar-refractivity contribution is 0.180. The molecular formula is C10H20OSi. The molecule has 12 heavy (non-hydrogen) atoms. The second-order valence-corrected chi connectivity index (χ2v) is 8.01. The van der Waals surface area contributed by atoms with Crippen molar-refractivity contribution in [3.05, 3.63) is 11.3 Å². The summed E-state index contributed by atoms with van der Waals surface area (Å²) in [7, 11) is -1.44. The fourth-order valence-corrected chi connectivity index (χ4v) is 5.08. The molecule has 2 atom stereocenters. The Morgan fingerprint density at radius 1 is 1.58 bits per heavy atom. The van der Waals surface area contributed by atoms with Crippen molar-refractivity contribution >= 4 is 8.32 Å². The van der Waals surface area contributed by atoms with Gasteiger partial charge in [0.05, 0.1) is 0 Å². The van der Waals surface area contributed by atoms with Crippen LogP contribution in [0.25, 0.3) is 0 Å². The molecule has 1 fully saturated rings. The Labute approximate surface area is 76.9 Å². The molecule has 0 aromatic carbocycles. The molecule has 0 N–H and O–H groups in total. The lowest BCUT2D eigenvalue weighted by Gasteiger charge is -2.36. The highest BCUT2D eigenvalue weighted by molar-refractivity contribution is 6.79. The van der Waals surface area contributed by atoms with E-state index in [-0.39, 0.29) is 0 Å². The molecule has 1 aliphatic rings. The summed E-state index contributed by atoms with van der Waals surface area (Å²) in [5.74, 6) is 0. The molecule has 0 aromatic rings. The lowest BCUT2D eigenvalue weighted by atomic mass is 10.2. The van der Waals surface area contributed by atoms with Gasteiger partial charge in [-0.15, -0.1) is 0 Å². The summed E-state index contributed by atoms with van der Waals surface area (Å²) in [6.45, 7) is 8.89. The first-order valence-corrected chi connectivity index (χ1v) is 7.51. The molecule has 0 bridgehead atoms. The molecule has 1 nitrogen and oxygen atoms in total. The SMILES string of the molecule is C/C=C(\C)[Si]1(C)CCCC(C)O1. The van der Waals surface area contributed by atoms with Crippen molar-refractivity contribution in [3.63, 3.8) is 0 Å². The molecule has 70 valence electrons. The normalized spacial score (nSPS) is 38.3. The summed E-state index contributed by atoms with van der Waals surface area (Å²) in [6, 6.07) is 1.31. The highest BCUT2D eigenvalue weighted by Gasteiger charge is 2.35. The van der Waals surface area contributed by atoms with Crippen molar-refractivity contribution in [2.45, 2.75) is 52.3 Å². The molecule has 0 aromatic heterocycles. The van der Waals surface area contributed by atoms with E-state index in [1.54, 1.807) is 0 Å². The van der Waals surface area contributed by atoms with Crippen LogP contribution in [0.15, 0.2) is 11.3 Å². The average Bonchev–Trinajstić information content (AvgIpc) is 2.02. The van der Waals surface area contributed by atoms with Crippen LogP contribution in [-0.4, -0.2) is 14.4 Å². The van der Waals surface area contributed by atoms with Gasteiger partial charge in [-0.3, -0.25) is 0 Å². The van der Waals surface area contributed by atoms with E-state index in [2.05, 4.69) is 33.4 Å². The van der Waals surface area contributed by atoms with E-state index in [0.29, 0.717) is 6.10 Å². The Morgan fingerprint density at radius 3 is 2.75 bits per heavy atom. The van der Waals surface area contributed by atoms with Crippen LogP contribution in [0.2, 0.25) is 12.6 Å². The third-order valence-electron chi connectivity index (χ3n) is 2.99. The summed E-state index contributed by atoms with van der Waals surface area (Å²) >= 11 is 0. The van der Waals surface area contributed by atoms with E-state index in [1.807, 2.05) is 0 Å². The molecule has 1 saturated heterocycles. The first-order chi connectivity index (χ1) is 5.58. The minimum absolute atomic E-state index is 0.491. The standard InChI is InChI=1S/C10H20OSi/c1-5-10(3)12(4)8-6-7-9(2)11-12/h5,9H,6-8H2,1-4H3/b10-5+. The van der Waals surface area contributed by atoms with Gasteiger partial charge < -0.3 is 4.43 Å². The molecule has 2 unspecified atom stereocenters. The highest BCUT2D eigenvalue weighted by atomic mass is 28.4. The van der Waals surface area contributed by atoms with Crippen molar-refractivity contribution in [1.82, 2.24) is 0 Å². The maximum absolute atomic E-state index is 6.10. The molecule has 1 heterocycles. The minimum atomic E-state index is -1.44. The third-order valence-corrected chi connectivity index (χ3v) is 7.18. The van der Waals surface area contributed by atoms with E-state index >= 15 is 0 Å². The summed E-state index contributed by atoms with van der Waals surface area (Å²) in [5, 5.41) is 1.51. The fourth-order valence-electron chi connectivity index (χ4n) is 1.88. The summed E-state index contributed by atoms with van der Waals surface area (Å²) < 4.78 is 6.10. The highest BCUT2D eigenvalue weighted by Crippen LogP contribution is 2.30. The largest absolute Gasteiger partial charge is 0.410 e. The molecule has 0 spiro atoms. The number of hydrogen-bond acceptors (Lipinski definition) is 1. The molecule has 0 aliphatic carbocycles. The minimum Gasteiger partial charge on any atom is -0.410 e. The predicted molar refractivity (Wildman–Crippen MR) is 55.6 cm³/mol. The monoisotopic (exact) mass is 184 g/mol. The second-order valence-electron chi connectivity index (χ2n) is 4.02. The van der Waals surface area contributed by atoms with Gasteiger partial charge in [-0.25, -0.2) is 0 Å². The van der Waals surface area contributed by atoms with Gasteiger partial charge in [-0.1, -0.05) is 17.7 Å². The van der Waals surface area contributed by atoms with Crippen LogP contribution in [0, 0.1) is 0 Å². The molecule has 0 radical (unpaired) electrons. The molecule has 1 rings (SSSR count). The summed E-state index contributed by atoms with van der Waals surface area (Å²) in [4.78, 5) is 0. The average molecular weight is 184 g/mol. The maximum atomic E-state index is 6.10. The van der Waals surface area contributed by atoms with Crippen molar-refractivity contribution in [3.8, 4) is 0 Å². The zero-order valence-electron chi connectivity index (χ0n) is 8.68. The number of hydrogen-bond donors (Lipinski definition) is 0. The first kappa shape index (κ1) is 10.0. The second kappa shape index (κ2) is 3.75. The Bertz CT molecular complexity index is 188. The predicted octanol–water partition coefficient (Wildman–Crippen LogP) is 3.27. The van der Waals surface area contributed by atoms with Crippen LogP contribution >= 0.6 is 0 Å². The van der Waals surface area contributed by atoms with Crippen LogP contribution in [0.1, 0.15) is 33.6 Å². The van der Waals surface area contributed by atoms with E-state index in [1.165, 1.54) is 24.1 Å². The van der Waals surface area contributed by atoms with Crippen LogP contribution in [0.5, 0.6) is 0 Å². The summed E-state index contributed by atoms with van der Waals surface area (Å²) in [6.07, 6.45) is 5.32. The number of allylic oxidation sites excluding steroid dienone is 2. The molecule has 2 heteroatoms. The van der Waals surface area contributed by atoms with Gasteiger partial charge in [0, 0.05) is 6.10 Å². The van der Waals surface area contributed by atoms with E-state index < -0.39 is 8.32 Å². The van der Waals surface area contributed by atoms with Crippen LogP contribution < -0.4 is 0 Å². The maximum Gasteiger partial charge on any atom is 0.217 e. The van der Waals surface area contributed by atoms with Crippen molar-refractivity contribution in [2.75, 3.05) is 0 Å². The van der Waals surface area contributed by atoms with E-state index in [0.717, 1.165) is 0 Å². The van der Waals surface area contributed by atoms with Crippen LogP contribution in [0.4, 0.5) is 0 Å². The van der Waals surface area contributed by atoms with Gasteiger partial charge in [0.15, 0.2) is 0 Å². The molecule has 0 amide bonds. The molecular weight excluding hydrogens is 164 g/mol. The molecule has 1 aliphatic heterocycles. The van der Waals surface area contributed by atoms with Gasteiger partial charge >= 0.3 is 0 Å². The van der Waals surface area contributed by atoms with Crippen LogP contribution in [-0.2, 0) is 4.43 Å². The topological polar surface area (TPSA) is 9.23 Å². The van der Waals surface area contributed by atoms with Crippen molar-refractivity contribution in [2.24, 2.45) is 0 Å². The fraction of sp³-hybridized carbons (Fsp3) is 0.800. The molecule has 0 saturated carbocycles. The van der Waals surface area contributed by atoms with Gasteiger partial charge in [0.2, 0.25) is 8.32 Å². The van der Waals surface area contributed by atoms with Crippen molar-refractivity contribution < 1.29 is 4.43 Å². The van der Waals surface area contributed by atoms with Gasteiger partial charge in [0.1, 0.15) is 0 Å². The van der Waals surface area contributed by atoms with Gasteiger partial charge in [0.25, 0.3) is 0 Å². The first-order valence-electron chi connectivity index (χ1n) is 4.90. The van der Waals surface area contributed by atoms with Crippen LogP contribution in [0.3, 0.4) is 0 Å². The van der Waals surface area contributed by atoms with Crippen molar-refractivity contribution in [1.29, 1.82) is 0 Å². The third kappa shape index (κ3) is 1.99. The van der Waals surface area contributed by atoms with E-state index in [4.69, 9.17) is 4.43 Å². The lowest BCUT2D eigenvalue weighted by Crippen LogP contribution is -2.42. The Hall–Kier alpha value is -0.0831. The van der Waals surface area contributed by atoms with E-state index in [9.17, 15) is 0 Å². The quantitative estimate of drug-likeness (QED) is 0.568.